The minimum absolute atomic E-state index is 0.157. The van der Waals surface area contributed by atoms with E-state index >= 15 is 0 Å². The van der Waals surface area contributed by atoms with Crippen molar-refractivity contribution in [3.05, 3.63) is 95.7 Å². The van der Waals surface area contributed by atoms with Crippen LogP contribution < -0.4 is 10.1 Å². The Balaban J connectivity index is 1.42. The topological polar surface area (TPSA) is 97.7 Å². The van der Waals surface area contributed by atoms with E-state index in [1.54, 1.807) is 48.5 Å². The maximum absolute atomic E-state index is 12.9. The van der Waals surface area contributed by atoms with Crippen molar-refractivity contribution in [1.82, 2.24) is 4.98 Å². The number of aromatic nitrogens is 1. The van der Waals surface area contributed by atoms with E-state index in [1.165, 1.54) is 6.07 Å². The minimum atomic E-state index is -3.73. The fourth-order valence-electron chi connectivity index (χ4n) is 3.61. The van der Waals surface area contributed by atoms with E-state index in [0.717, 1.165) is 0 Å². The molecule has 0 fully saturated rings. The minimum Gasteiger partial charge on any atom is -0.423 e. The number of benzene rings is 3. The summed E-state index contributed by atoms with van der Waals surface area (Å²) >= 11 is 0. The fourth-order valence-corrected chi connectivity index (χ4v) is 4.78. The maximum atomic E-state index is 12.9. The number of para-hydroxylation sites is 1. The molecule has 0 saturated heterocycles. The van der Waals surface area contributed by atoms with Crippen LogP contribution in [0.1, 0.15) is 21.6 Å². The number of nitrogens with zero attached hydrogens (tertiary/aromatic N) is 2. The maximum Gasteiger partial charge on any atom is 0.344 e. The van der Waals surface area contributed by atoms with Crippen LogP contribution in [0.4, 0.5) is 5.69 Å². The highest BCUT2D eigenvalue weighted by Gasteiger charge is 2.28. The number of rotatable bonds is 3. The van der Waals surface area contributed by atoms with Gasteiger partial charge in [0, 0.05) is 28.4 Å². The Morgan fingerprint density at radius 3 is 2.59 bits per heavy atom. The molecular weight excluding hydrogens is 426 g/mol. The predicted molar refractivity (Wildman–Crippen MR) is 122 cm³/mol. The number of pyridine rings is 1. The summed E-state index contributed by atoms with van der Waals surface area (Å²) in [6, 6.07) is 22.4. The van der Waals surface area contributed by atoms with Gasteiger partial charge in [-0.1, -0.05) is 36.4 Å². The molecule has 5 rings (SSSR count). The second-order valence-corrected chi connectivity index (χ2v) is 8.85. The number of carbonyl (C=O) groups is 1. The highest BCUT2D eigenvalue weighted by Crippen LogP contribution is 2.28. The number of carbonyl (C=O) groups excluding carboxylic acids is 1. The second kappa shape index (κ2) is 7.58. The third-order valence-electron chi connectivity index (χ3n) is 5.00. The first-order chi connectivity index (χ1) is 15.4. The molecule has 1 aliphatic rings. The summed E-state index contributed by atoms with van der Waals surface area (Å²) in [5.74, 6) is 0.0306. The van der Waals surface area contributed by atoms with Crippen LogP contribution in [-0.4, -0.2) is 25.2 Å². The molecular formula is C24H17N3O4S. The number of esters is 1. The van der Waals surface area contributed by atoms with Crippen molar-refractivity contribution in [3.8, 4) is 5.75 Å². The number of hydrogen-bond donors (Lipinski definition) is 1. The van der Waals surface area contributed by atoms with Gasteiger partial charge in [0.05, 0.1) is 11.1 Å². The van der Waals surface area contributed by atoms with Gasteiger partial charge in [0.2, 0.25) is 0 Å². The first-order valence-electron chi connectivity index (χ1n) is 9.81. The lowest BCUT2D eigenvalue weighted by molar-refractivity contribution is 0.0736. The molecule has 0 unspecified atom stereocenters. The van der Waals surface area contributed by atoms with Crippen molar-refractivity contribution < 1.29 is 17.9 Å². The molecule has 0 saturated carbocycles. The molecule has 3 aromatic carbocycles. The number of ether oxygens (including phenoxy) is 1. The molecule has 0 amide bonds. The van der Waals surface area contributed by atoms with Gasteiger partial charge in [0.25, 0.3) is 10.0 Å². The number of hydrogen-bond acceptors (Lipinski definition) is 6. The van der Waals surface area contributed by atoms with Crippen molar-refractivity contribution in [2.24, 2.45) is 4.40 Å². The number of nitrogens with one attached hydrogen (secondary N) is 1. The molecule has 0 aliphatic carbocycles. The summed E-state index contributed by atoms with van der Waals surface area (Å²) in [7, 11) is -3.73. The van der Waals surface area contributed by atoms with E-state index < -0.39 is 16.0 Å². The fraction of sp³-hybridized carbons (Fsp3) is 0.0417. The molecule has 0 spiro atoms. The third-order valence-corrected chi connectivity index (χ3v) is 6.34. The van der Waals surface area contributed by atoms with Crippen LogP contribution in [0.5, 0.6) is 5.75 Å². The molecule has 2 heterocycles. The molecule has 7 nitrogen and oxygen atoms in total. The van der Waals surface area contributed by atoms with Gasteiger partial charge < -0.3 is 10.1 Å². The number of anilines is 1. The van der Waals surface area contributed by atoms with Gasteiger partial charge in [-0.05, 0) is 43.3 Å². The van der Waals surface area contributed by atoms with Gasteiger partial charge in [-0.2, -0.15) is 8.42 Å². The van der Waals surface area contributed by atoms with Gasteiger partial charge in [-0.3, -0.25) is 4.98 Å². The molecule has 1 aromatic heterocycles. The Kier molecular flexibility index (Phi) is 4.71. The highest BCUT2D eigenvalue weighted by atomic mass is 32.2. The Morgan fingerprint density at radius 2 is 1.72 bits per heavy atom. The van der Waals surface area contributed by atoms with Crippen LogP contribution in [0.25, 0.3) is 10.9 Å². The van der Waals surface area contributed by atoms with E-state index in [0.29, 0.717) is 39.2 Å². The van der Waals surface area contributed by atoms with Gasteiger partial charge >= 0.3 is 5.97 Å². The standard InChI is InChI=1S/C24H17N3O4S/c1-15-13-20(18-9-2-4-11-21(18)25-15)24(28)31-17-8-6-7-16(14-17)26-23-19-10-3-5-12-22(19)32(29,30)27-23/h2-14H,1H3,(H,26,27). The summed E-state index contributed by atoms with van der Waals surface area (Å²) in [6.07, 6.45) is 0. The molecule has 1 aliphatic heterocycles. The monoisotopic (exact) mass is 443 g/mol. The molecule has 0 atom stereocenters. The van der Waals surface area contributed by atoms with E-state index in [-0.39, 0.29) is 10.7 Å². The van der Waals surface area contributed by atoms with Crippen molar-refractivity contribution in [2.75, 3.05) is 5.32 Å². The molecule has 0 radical (unpaired) electrons. The number of amidine groups is 1. The quantitative estimate of drug-likeness (QED) is 0.374. The second-order valence-electron chi connectivity index (χ2n) is 7.28. The van der Waals surface area contributed by atoms with E-state index in [2.05, 4.69) is 14.7 Å². The zero-order valence-corrected chi connectivity index (χ0v) is 17.8. The summed E-state index contributed by atoms with van der Waals surface area (Å²) in [5, 5.41) is 3.72. The van der Waals surface area contributed by atoms with Crippen molar-refractivity contribution in [3.63, 3.8) is 0 Å². The van der Waals surface area contributed by atoms with Gasteiger partial charge in [0.1, 0.15) is 10.6 Å². The molecule has 4 aromatic rings. The SMILES string of the molecule is Cc1cc(C(=O)Oc2cccc(NC3=NS(=O)(=O)c4ccccc43)c2)c2ccccc2n1. The normalized spacial score (nSPS) is 14.0. The lowest BCUT2D eigenvalue weighted by atomic mass is 10.1. The van der Waals surface area contributed by atoms with Crippen LogP contribution in [0, 0.1) is 6.92 Å². The summed E-state index contributed by atoms with van der Waals surface area (Å²) < 4.78 is 34.0. The summed E-state index contributed by atoms with van der Waals surface area (Å²) in [5.41, 5.74) is 2.89. The summed E-state index contributed by atoms with van der Waals surface area (Å²) in [6.45, 7) is 1.82. The molecule has 1 N–H and O–H groups in total. The highest BCUT2D eigenvalue weighted by molar-refractivity contribution is 7.90. The molecule has 0 bridgehead atoms. The Hall–Kier alpha value is -4.04. The first kappa shape index (κ1) is 19.9. The molecule has 158 valence electrons. The number of aryl methyl sites for hydroxylation is 1. The average molecular weight is 443 g/mol. The van der Waals surface area contributed by atoms with Crippen molar-refractivity contribution in [2.45, 2.75) is 11.8 Å². The largest absolute Gasteiger partial charge is 0.423 e. The Bertz CT molecular complexity index is 1530. The van der Waals surface area contributed by atoms with Crippen LogP contribution in [0.2, 0.25) is 0 Å². The van der Waals surface area contributed by atoms with E-state index in [4.69, 9.17) is 4.74 Å². The smallest absolute Gasteiger partial charge is 0.344 e. The zero-order valence-electron chi connectivity index (χ0n) is 16.9. The molecule has 8 heteroatoms. The lowest BCUT2D eigenvalue weighted by Crippen LogP contribution is -2.12. The van der Waals surface area contributed by atoms with Gasteiger partial charge in [-0.15, -0.1) is 4.40 Å². The van der Waals surface area contributed by atoms with Gasteiger partial charge in [0.15, 0.2) is 5.84 Å². The first-order valence-corrected chi connectivity index (χ1v) is 11.2. The number of sulfonamides is 1. The number of fused-ring (bicyclic) bond motifs is 2. The van der Waals surface area contributed by atoms with Crippen molar-refractivity contribution in [1.29, 1.82) is 0 Å². The van der Waals surface area contributed by atoms with Gasteiger partial charge in [-0.25, -0.2) is 4.79 Å². The summed E-state index contributed by atoms with van der Waals surface area (Å²) in [4.78, 5) is 17.5. The van der Waals surface area contributed by atoms with Crippen molar-refractivity contribution >= 4 is 38.4 Å². The van der Waals surface area contributed by atoms with E-state index in [1.807, 2.05) is 31.2 Å². The van der Waals surface area contributed by atoms with Crippen LogP contribution in [0.3, 0.4) is 0 Å². The van der Waals surface area contributed by atoms with E-state index in [9.17, 15) is 13.2 Å². The Morgan fingerprint density at radius 1 is 0.938 bits per heavy atom. The lowest BCUT2D eigenvalue weighted by Gasteiger charge is -2.10. The molecule has 32 heavy (non-hydrogen) atoms. The Labute approximate surface area is 184 Å². The van der Waals surface area contributed by atoms with Crippen LogP contribution >= 0.6 is 0 Å². The average Bonchev–Trinajstić information content (AvgIpc) is 3.03. The van der Waals surface area contributed by atoms with Crippen LogP contribution in [-0.2, 0) is 10.0 Å². The third kappa shape index (κ3) is 3.61. The zero-order chi connectivity index (χ0) is 22.3. The predicted octanol–water partition coefficient (Wildman–Crippen LogP) is 4.32. The van der Waals surface area contributed by atoms with Crippen LogP contribution in [0.15, 0.2) is 88.2 Å².